The summed E-state index contributed by atoms with van der Waals surface area (Å²) in [6.45, 7) is 10.4. The monoisotopic (exact) mass is 394 g/mol. The maximum absolute atomic E-state index is 6.70. The molecule has 1 saturated heterocycles. The Balaban J connectivity index is 1.38. The third kappa shape index (κ3) is 4.30. The van der Waals surface area contributed by atoms with Crippen molar-refractivity contribution in [3.05, 3.63) is 82.1 Å². The quantitative estimate of drug-likeness (QED) is 0.638. The fraction of sp³-hybridized carbons (Fsp3) is 0.348. The van der Waals surface area contributed by atoms with Crippen LogP contribution in [0.3, 0.4) is 0 Å². The molecule has 1 aromatic heterocycles. The molecule has 2 aromatic carbocycles. The molecule has 0 saturated carbocycles. The van der Waals surface area contributed by atoms with Crippen LogP contribution in [0.15, 0.2) is 54.6 Å². The largest absolute Gasteiger partial charge is 0.297 e. The smallest absolute Gasteiger partial charge is 0.137 e. The fourth-order valence-electron chi connectivity index (χ4n) is 3.85. The fourth-order valence-corrected chi connectivity index (χ4v) is 4.18. The van der Waals surface area contributed by atoms with Crippen molar-refractivity contribution in [2.75, 3.05) is 26.2 Å². The van der Waals surface area contributed by atoms with Crippen molar-refractivity contribution in [1.29, 1.82) is 0 Å². The molecular formula is C23H27ClN4. The number of nitrogens with zero attached hydrogens (tertiary/aromatic N) is 4. The molecule has 28 heavy (non-hydrogen) atoms. The van der Waals surface area contributed by atoms with Gasteiger partial charge in [0.15, 0.2) is 0 Å². The summed E-state index contributed by atoms with van der Waals surface area (Å²) in [6, 6.07) is 18.9. The van der Waals surface area contributed by atoms with Crippen LogP contribution in [0.2, 0.25) is 5.15 Å². The standard InChI is InChI=1S/C23H27ClN4/c1-18-7-6-8-20(15-18)16-26-11-13-27(14-12-26)17-22-19(2)25-28(23(22)24)21-9-4-3-5-10-21/h3-10,15H,11-14,16-17H2,1-2H3. The van der Waals surface area contributed by atoms with Crippen LogP contribution in [0.4, 0.5) is 0 Å². The Bertz CT molecular complexity index is 927. The lowest BCUT2D eigenvalue weighted by Crippen LogP contribution is -2.45. The molecule has 0 radical (unpaired) electrons. The summed E-state index contributed by atoms with van der Waals surface area (Å²) in [6.07, 6.45) is 0. The summed E-state index contributed by atoms with van der Waals surface area (Å²) in [4.78, 5) is 5.02. The van der Waals surface area contributed by atoms with Crippen LogP contribution in [0.1, 0.15) is 22.4 Å². The molecule has 0 bridgehead atoms. The third-order valence-corrected chi connectivity index (χ3v) is 5.85. The number of piperazine rings is 1. The summed E-state index contributed by atoms with van der Waals surface area (Å²) in [5, 5.41) is 5.40. The average molecular weight is 395 g/mol. The van der Waals surface area contributed by atoms with Crippen LogP contribution in [-0.2, 0) is 13.1 Å². The van der Waals surface area contributed by atoms with E-state index in [9.17, 15) is 0 Å². The Kier molecular flexibility index (Phi) is 5.81. The Hall–Kier alpha value is -2.14. The molecular weight excluding hydrogens is 368 g/mol. The Morgan fingerprint density at radius 2 is 1.54 bits per heavy atom. The van der Waals surface area contributed by atoms with Crippen LogP contribution in [0.25, 0.3) is 5.69 Å². The first-order valence-electron chi connectivity index (χ1n) is 9.90. The van der Waals surface area contributed by atoms with Crippen molar-refractivity contribution in [1.82, 2.24) is 19.6 Å². The highest BCUT2D eigenvalue weighted by atomic mass is 35.5. The third-order valence-electron chi connectivity index (χ3n) is 5.46. The van der Waals surface area contributed by atoms with Gasteiger partial charge >= 0.3 is 0 Å². The van der Waals surface area contributed by atoms with Gasteiger partial charge in [0.2, 0.25) is 0 Å². The SMILES string of the molecule is Cc1cccc(CN2CCN(Cc3c(C)nn(-c4ccccc4)c3Cl)CC2)c1. The van der Waals surface area contributed by atoms with Gasteiger partial charge in [-0.2, -0.15) is 5.10 Å². The van der Waals surface area contributed by atoms with Crippen molar-refractivity contribution in [2.45, 2.75) is 26.9 Å². The van der Waals surface area contributed by atoms with Gasteiger partial charge in [-0.25, -0.2) is 4.68 Å². The zero-order valence-electron chi connectivity index (χ0n) is 16.6. The molecule has 0 N–H and O–H groups in total. The molecule has 146 valence electrons. The van der Waals surface area contributed by atoms with E-state index >= 15 is 0 Å². The number of aryl methyl sites for hydroxylation is 2. The molecule has 0 amide bonds. The predicted octanol–water partition coefficient (Wildman–Crippen LogP) is 4.46. The molecule has 4 nitrogen and oxygen atoms in total. The van der Waals surface area contributed by atoms with Crippen LogP contribution >= 0.6 is 11.6 Å². The van der Waals surface area contributed by atoms with Gasteiger partial charge < -0.3 is 0 Å². The van der Waals surface area contributed by atoms with E-state index in [-0.39, 0.29) is 0 Å². The molecule has 0 unspecified atom stereocenters. The second-order valence-electron chi connectivity index (χ2n) is 7.64. The van der Waals surface area contributed by atoms with E-state index in [0.29, 0.717) is 0 Å². The highest BCUT2D eigenvalue weighted by Crippen LogP contribution is 2.25. The van der Waals surface area contributed by atoms with Gasteiger partial charge in [-0.3, -0.25) is 9.80 Å². The van der Waals surface area contributed by atoms with Crippen molar-refractivity contribution in [3.8, 4) is 5.69 Å². The molecule has 1 aliphatic rings. The lowest BCUT2D eigenvalue weighted by molar-refractivity contribution is 0.122. The van der Waals surface area contributed by atoms with Crippen LogP contribution in [0, 0.1) is 13.8 Å². The van der Waals surface area contributed by atoms with Gasteiger partial charge in [-0.15, -0.1) is 0 Å². The first kappa shape index (κ1) is 19.2. The number of benzene rings is 2. The van der Waals surface area contributed by atoms with Crippen molar-refractivity contribution >= 4 is 11.6 Å². The molecule has 1 fully saturated rings. The first-order chi connectivity index (χ1) is 13.6. The number of rotatable bonds is 5. The summed E-state index contributed by atoms with van der Waals surface area (Å²) in [5.74, 6) is 0. The number of aromatic nitrogens is 2. The average Bonchev–Trinajstić information content (AvgIpc) is 2.98. The Morgan fingerprint density at radius 1 is 0.857 bits per heavy atom. The second kappa shape index (κ2) is 8.48. The molecule has 0 atom stereocenters. The molecule has 4 rings (SSSR count). The van der Waals surface area contributed by atoms with Crippen LogP contribution in [0.5, 0.6) is 0 Å². The number of hydrogen-bond acceptors (Lipinski definition) is 3. The molecule has 5 heteroatoms. The minimum Gasteiger partial charge on any atom is -0.297 e. The maximum atomic E-state index is 6.70. The maximum Gasteiger partial charge on any atom is 0.137 e. The van der Waals surface area contributed by atoms with Gasteiger partial charge in [-0.1, -0.05) is 59.6 Å². The molecule has 1 aliphatic heterocycles. The highest BCUT2D eigenvalue weighted by Gasteiger charge is 2.21. The van der Waals surface area contributed by atoms with Crippen LogP contribution < -0.4 is 0 Å². The molecule has 0 aliphatic carbocycles. The molecule has 2 heterocycles. The van der Waals surface area contributed by atoms with Gasteiger partial charge in [0.25, 0.3) is 0 Å². The summed E-state index contributed by atoms with van der Waals surface area (Å²) >= 11 is 6.70. The Labute approximate surface area is 172 Å². The topological polar surface area (TPSA) is 24.3 Å². The molecule has 0 spiro atoms. The van der Waals surface area contributed by atoms with E-state index in [0.717, 1.165) is 61.4 Å². The van der Waals surface area contributed by atoms with Crippen LogP contribution in [-0.4, -0.2) is 45.8 Å². The summed E-state index contributed by atoms with van der Waals surface area (Å²) < 4.78 is 1.85. The zero-order chi connectivity index (χ0) is 19.5. The lowest BCUT2D eigenvalue weighted by atomic mass is 10.1. The Morgan fingerprint density at radius 3 is 2.21 bits per heavy atom. The number of hydrogen-bond donors (Lipinski definition) is 0. The predicted molar refractivity (Wildman–Crippen MR) is 115 cm³/mol. The number of halogens is 1. The first-order valence-corrected chi connectivity index (χ1v) is 10.3. The van der Waals surface area contributed by atoms with E-state index in [1.54, 1.807) is 0 Å². The van der Waals surface area contributed by atoms with Crippen molar-refractivity contribution in [3.63, 3.8) is 0 Å². The second-order valence-corrected chi connectivity index (χ2v) is 8.00. The van der Waals surface area contributed by atoms with E-state index < -0.39 is 0 Å². The molecule has 3 aromatic rings. The lowest BCUT2D eigenvalue weighted by Gasteiger charge is -2.34. The number of para-hydroxylation sites is 1. The van der Waals surface area contributed by atoms with E-state index in [4.69, 9.17) is 11.6 Å². The van der Waals surface area contributed by atoms with E-state index in [1.807, 2.05) is 35.0 Å². The summed E-state index contributed by atoms with van der Waals surface area (Å²) in [7, 11) is 0. The van der Waals surface area contributed by atoms with Gasteiger partial charge in [-0.05, 0) is 31.5 Å². The van der Waals surface area contributed by atoms with Gasteiger partial charge in [0, 0.05) is 44.8 Å². The van der Waals surface area contributed by atoms with Gasteiger partial charge in [0.1, 0.15) is 5.15 Å². The van der Waals surface area contributed by atoms with Crippen molar-refractivity contribution < 1.29 is 0 Å². The minimum absolute atomic E-state index is 0.728. The van der Waals surface area contributed by atoms with Gasteiger partial charge in [0.05, 0.1) is 11.4 Å². The summed E-state index contributed by atoms with van der Waals surface area (Å²) in [5.41, 5.74) is 5.88. The van der Waals surface area contributed by atoms with E-state index in [2.05, 4.69) is 53.0 Å². The van der Waals surface area contributed by atoms with Crippen molar-refractivity contribution in [2.24, 2.45) is 0 Å². The highest BCUT2D eigenvalue weighted by molar-refractivity contribution is 6.30. The minimum atomic E-state index is 0.728. The zero-order valence-corrected chi connectivity index (χ0v) is 17.4. The van der Waals surface area contributed by atoms with E-state index in [1.165, 1.54) is 11.1 Å². The normalized spacial score (nSPS) is 15.8.